The van der Waals surface area contributed by atoms with Crippen molar-refractivity contribution < 1.29 is 9.53 Å². The lowest BCUT2D eigenvalue weighted by Crippen LogP contribution is -2.32. The van der Waals surface area contributed by atoms with Crippen LogP contribution >= 0.6 is 0 Å². The predicted molar refractivity (Wildman–Crippen MR) is 67.6 cm³/mol. The number of carbonyl (C=O) groups excluding carboxylic acids is 1. The van der Waals surface area contributed by atoms with Crippen molar-refractivity contribution in [1.29, 1.82) is 0 Å². The normalized spacial score (nSPS) is 21.6. The Balaban J connectivity index is 2.14. The highest BCUT2D eigenvalue weighted by molar-refractivity contribution is 5.89. The minimum atomic E-state index is -0.0761. The topological polar surface area (TPSA) is 29.5 Å². The van der Waals surface area contributed by atoms with Gasteiger partial charge >= 0.3 is 5.97 Å². The van der Waals surface area contributed by atoms with E-state index in [9.17, 15) is 4.79 Å². The molecule has 0 amide bonds. The molecule has 2 rings (SSSR count). The van der Waals surface area contributed by atoms with Gasteiger partial charge in [0, 0.05) is 18.8 Å². The second-order valence-corrected chi connectivity index (χ2v) is 4.90. The van der Waals surface area contributed by atoms with E-state index in [2.05, 4.69) is 4.90 Å². The van der Waals surface area contributed by atoms with Crippen molar-refractivity contribution >= 4 is 5.97 Å². The Hall–Kier alpha value is -0.990. The number of allylic oxidation sites excluding steroid dienone is 1. The van der Waals surface area contributed by atoms with Gasteiger partial charge in [0.05, 0.1) is 12.2 Å². The van der Waals surface area contributed by atoms with Gasteiger partial charge in [-0.2, -0.15) is 0 Å². The van der Waals surface area contributed by atoms with Crippen LogP contribution in [-0.4, -0.2) is 30.6 Å². The Bertz CT molecular complexity index is 303. The maximum Gasteiger partial charge on any atom is 0.335 e. The lowest BCUT2D eigenvalue weighted by Gasteiger charge is -2.34. The monoisotopic (exact) mass is 237 g/mol. The van der Waals surface area contributed by atoms with Crippen LogP contribution in [0.25, 0.3) is 0 Å². The van der Waals surface area contributed by atoms with Gasteiger partial charge in [-0.05, 0) is 51.9 Å². The molecule has 2 aliphatic rings. The zero-order valence-electron chi connectivity index (χ0n) is 10.8. The summed E-state index contributed by atoms with van der Waals surface area (Å²) >= 11 is 0. The standard InChI is InChI=1S/C14H23NO2/c1-2-17-14(16)12-8-4-5-9-13(12)15-10-6-3-7-11-15/h2-11H2,1H3. The molecule has 0 saturated carbocycles. The minimum absolute atomic E-state index is 0.0761. The zero-order chi connectivity index (χ0) is 12.1. The third-order valence-electron chi connectivity index (χ3n) is 3.70. The number of rotatable bonds is 3. The fraction of sp³-hybridized carbons (Fsp3) is 0.786. The van der Waals surface area contributed by atoms with Crippen molar-refractivity contribution in [2.75, 3.05) is 19.7 Å². The molecule has 17 heavy (non-hydrogen) atoms. The van der Waals surface area contributed by atoms with Crippen LogP contribution in [0.15, 0.2) is 11.3 Å². The Kier molecular flexibility index (Phi) is 4.46. The molecule has 1 fully saturated rings. The average molecular weight is 237 g/mol. The number of hydrogen-bond donors (Lipinski definition) is 0. The fourth-order valence-electron chi connectivity index (χ4n) is 2.84. The van der Waals surface area contributed by atoms with E-state index in [1.165, 1.54) is 31.4 Å². The number of hydrogen-bond acceptors (Lipinski definition) is 3. The predicted octanol–water partition coefficient (Wildman–Crippen LogP) is 2.86. The van der Waals surface area contributed by atoms with Crippen molar-refractivity contribution in [3.8, 4) is 0 Å². The second kappa shape index (κ2) is 6.08. The zero-order valence-corrected chi connectivity index (χ0v) is 10.8. The van der Waals surface area contributed by atoms with Gasteiger partial charge in [-0.1, -0.05) is 0 Å². The summed E-state index contributed by atoms with van der Waals surface area (Å²) in [6, 6.07) is 0. The van der Waals surface area contributed by atoms with Crippen LogP contribution in [0.4, 0.5) is 0 Å². The van der Waals surface area contributed by atoms with Gasteiger partial charge in [0.25, 0.3) is 0 Å². The first-order chi connectivity index (χ1) is 8.33. The summed E-state index contributed by atoms with van der Waals surface area (Å²) in [5.74, 6) is -0.0761. The van der Waals surface area contributed by atoms with Crippen molar-refractivity contribution in [1.82, 2.24) is 4.90 Å². The number of piperidine rings is 1. The lowest BCUT2D eigenvalue weighted by molar-refractivity contribution is -0.139. The van der Waals surface area contributed by atoms with Crippen molar-refractivity contribution in [2.45, 2.75) is 51.9 Å². The average Bonchev–Trinajstić information content (AvgIpc) is 2.40. The summed E-state index contributed by atoms with van der Waals surface area (Å²) in [5, 5.41) is 0. The van der Waals surface area contributed by atoms with Crippen LogP contribution in [0, 0.1) is 0 Å². The molecule has 0 unspecified atom stereocenters. The first-order valence-electron chi connectivity index (χ1n) is 6.97. The molecule has 0 aromatic rings. The molecule has 1 aliphatic carbocycles. The Morgan fingerprint density at radius 1 is 1.12 bits per heavy atom. The molecule has 1 aliphatic heterocycles. The first kappa shape index (κ1) is 12.5. The van der Waals surface area contributed by atoms with E-state index in [0.717, 1.165) is 37.9 Å². The van der Waals surface area contributed by atoms with Gasteiger partial charge in [-0.25, -0.2) is 4.79 Å². The van der Waals surface area contributed by atoms with E-state index in [4.69, 9.17) is 4.74 Å². The van der Waals surface area contributed by atoms with Gasteiger partial charge < -0.3 is 9.64 Å². The summed E-state index contributed by atoms with van der Waals surface area (Å²) in [6.07, 6.45) is 8.18. The second-order valence-electron chi connectivity index (χ2n) is 4.90. The van der Waals surface area contributed by atoms with Crippen LogP contribution in [0.3, 0.4) is 0 Å². The number of ether oxygens (including phenoxy) is 1. The number of likely N-dealkylation sites (tertiary alicyclic amines) is 1. The van der Waals surface area contributed by atoms with E-state index < -0.39 is 0 Å². The maximum absolute atomic E-state index is 11.9. The van der Waals surface area contributed by atoms with E-state index in [-0.39, 0.29) is 5.97 Å². The van der Waals surface area contributed by atoms with Crippen LogP contribution in [0.1, 0.15) is 51.9 Å². The van der Waals surface area contributed by atoms with Crippen molar-refractivity contribution in [3.63, 3.8) is 0 Å². The lowest BCUT2D eigenvalue weighted by atomic mass is 9.94. The van der Waals surface area contributed by atoms with Crippen LogP contribution < -0.4 is 0 Å². The molecule has 0 N–H and O–H groups in total. The SMILES string of the molecule is CCOC(=O)C1=C(N2CCCCC2)CCCC1. The van der Waals surface area contributed by atoms with Crippen molar-refractivity contribution in [2.24, 2.45) is 0 Å². The molecule has 0 bridgehead atoms. The molecular formula is C14H23NO2. The summed E-state index contributed by atoms with van der Waals surface area (Å²) in [7, 11) is 0. The number of esters is 1. The number of nitrogens with zero attached hydrogens (tertiary/aromatic N) is 1. The molecule has 96 valence electrons. The van der Waals surface area contributed by atoms with E-state index in [1.54, 1.807) is 0 Å². The summed E-state index contributed by atoms with van der Waals surface area (Å²) in [6.45, 7) is 4.61. The van der Waals surface area contributed by atoms with Gasteiger partial charge in [-0.15, -0.1) is 0 Å². The third kappa shape index (κ3) is 3.02. The van der Waals surface area contributed by atoms with E-state index in [0.29, 0.717) is 6.61 Å². The smallest absolute Gasteiger partial charge is 0.335 e. The quantitative estimate of drug-likeness (QED) is 0.707. The highest BCUT2D eigenvalue weighted by Crippen LogP contribution is 2.30. The molecule has 3 nitrogen and oxygen atoms in total. The third-order valence-corrected chi connectivity index (χ3v) is 3.70. The Labute approximate surface area is 104 Å². The van der Waals surface area contributed by atoms with Gasteiger partial charge in [-0.3, -0.25) is 0 Å². The van der Waals surface area contributed by atoms with Crippen molar-refractivity contribution in [3.05, 3.63) is 11.3 Å². The molecule has 0 aromatic carbocycles. The summed E-state index contributed by atoms with van der Waals surface area (Å²) < 4.78 is 5.18. The molecule has 0 atom stereocenters. The largest absolute Gasteiger partial charge is 0.463 e. The van der Waals surface area contributed by atoms with Gasteiger partial charge in [0.15, 0.2) is 0 Å². The molecule has 1 saturated heterocycles. The minimum Gasteiger partial charge on any atom is -0.463 e. The molecular weight excluding hydrogens is 214 g/mol. The maximum atomic E-state index is 11.9. The van der Waals surface area contributed by atoms with E-state index in [1.807, 2.05) is 6.92 Å². The summed E-state index contributed by atoms with van der Waals surface area (Å²) in [4.78, 5) is 14.4. The highest BCUT2D eigenvalue weighted by Gasteiger charge is 2.24. The number of carbonyl (C=O) groups is 1. The molecule has 1 heterocycles. The Morgan fingerprint density at radius 3 is 2.53 bits per heavy atom. The molecule has 0 radical (unpaired) electrons. The van der Waals surface area contributed by atoms with Crippen LogP contribution in [-0.2, 0) is 9.53 Å². The van der Waals surface area contributed by atoms with Gasteiger partial charge in [0.2, 0.25) is 0 Å². The first-order valence-corrected chi connectivity index (χ1v) is 6.97. The van der Waals surface area contributed by atoms with Crippen LogP contribution in [0.5, 0.6) is 0 Å². The highest BCUT2D eigenvalue weighted by atomic mass is 16.5. The molecule has 3 heteroatoms. The fourth-order valence-corrected chi connectivity index (χ4v) is 2.84. The summed E-state index contributed by atoms with van der Waals surface area (Å²) in [5.41, 5.74) is 2.24. The molecule has 0 spiro atoms. The molecule has 0 aromatic heterocycles. The van der Waals surface area contributed by atoms with E-state index >= 15 is 0 Å². The Morgan fingerprint density at radius 2 is 1.82 bits per heavy atom. The van der Waals surface area contributed by atoms with Gasteiger partial charge in [0.1, 0.15) is 0 Å². The van der Waals surface area contributed by atoms with Crippen LogP contribution in [0.2, 0.25) is 0 Å².